The summed E-state index contributed by atoms with van der Waals surface area (Å²) in [6.07, 6.45) is 2.42. The fourth-order valence-corrected chi connectivity index (χ4v) is 3.60. The molecule has 4 aromatic rings. The van der Waals surface area contributed by atoms with E-state index in [4.69, 9.17) is 9.47 Å². The Balaban J connectivity index is 1.48. The molecular weight excluding hydrogens is 440 g/mol. The molecule has 0 aliphatic carbocycles. The van der Waals surface area contributed by atoms with Crippen LogP contribution < -0.4 is 14.9 Å². The topological polar surface area (TPSA) is 77.0 Å². The van der Waals surface area contributed by atoms with Crippen LogP contribution in [0.1, 0.15) is 34.0 Å². The summed E-state index contributed by atoms with van der Waals surface area (Å²) in [5.74, 6) is 0.0886. The number of carbonyl (C=O) groups excluding carboxylic acids is 2. The summed E-state index contributed by atoms with van der Waals surface area (Å²) in [6, 6.07) is 26.1. The van der Waals surface area contributed by atoms with Crippen molar-refractivity contribution in [3.8, 4) is 11.5 Å². The Morgan fingerprint density at radius 1 is 0.943 bits per heavy atom. The van der Waals surface area contributed by atoms with E-state index in [-0.39, 0.29) is 6.61 Å². The van der Waals surface area contributed by atoms with Crippen LogP contribution in [0.2, 0.25) is 0 Å². The first-order chi connectivity index (χ1) is 17.0. The zero-order valence-electron chi connectivity index (χ0n) is 19.7. The zero-order chi connectivity index (χ0) is 24.6. The lowest BCUT2D eigenvalue weighted by molar-refractivity contribution is -0.123. The van der Waals surface area contributed by atoms with Crippen LogP contribution in [0, 0.1) is 6.92 Å². The highest BCUT2D eigenvalue weighted by molar-refractivity contribution is 6.04. The molecule has 0 aliphatic rings. The van der Waals surface area contributed by atoms with Gasteiger partial charge in [0.05, 0.1) is 11.8 Å². The maximum absolute atomic E-state index is 12.7. The summed E-state index contributed by atoms with van der Waals surface area (Å²) in [6.45, 7) is 3.82. The second-order valence-corrected chi connectivity index (χ2v) is 8.04. The van der Waals surface area contributed by atoms with Crippen LogP contribution >= 0.6 is 0 Å². The summed E-state index contributed by atoms with van der Waals surface area (Å²) in [7, 11) is 0. The van der Waals surface area contributed by atoms with E-state index in [1.165, 1.54) is 11.8 Å². The molecule has 1 N–H and O–H groups in total. The van der Waals surface area contributed by atoms with Gasteiger partial charge in [0.25, 0.3) is 5.91 Å². The van der Waals surface area contributed by atoms with Gasteiger partial charge in [-0.25, -0.2) is 10.2 Å². The summed E-state index contributed by atoms with van der Waals surface area (Å²) in [5.41, 5.74) is 5.67. The van der Waals surface area contributed by atoms with Gasteiger partial charge < -0.3 is 9.47 Å². The standard InChI is InChI=1S/C29H26N2O4/c1-3-21-11-14-24(15-12-21)34-19-28(32)31-30-18-26-25-10-5-4-8-22(25)13-16-27(26)35-29(33)23-9-6-7-20(2)17-23/h4-18H,3,19H2,1-2H3,(H,31,32)/b30-18+. The number of hydrazone groups is 1. The minimum atomic E-state index is -0.467. The van der Waals surface area contributed by atoms with Crippen molar-refractivity contribution in [1.82, 2.24) is 5.43 Å². The minimum Gasteiger partial charge on any atom is -0.484 e. The molecule has 0 saturated carbocycles. The Labute approximate surface area is 204 Å². The van der Waals surface area contributed by atoms with Gasteiger partial charge in [-0.15, -0.1) is 0 Å². The number of esters is 1. The van der Waals surface area contributed by atoms with E-state index in [0.717, 1.165) is 22.8 Å². The number of benzene rings is 4. The molecule has 0 spiro atoms. The van der Waals surface area contributed by atoms with Gasteiger partial charge >= 0.3 is 5.97 Å². The average Bonchev–Trinajstić information content (AvgIpc) is 2.88. The third-order valence-electron chi connectivity index (χ3n) is 5.47. The molecule has 6 heteroatoms. The van der Waals surface area contributed by atoms with Crippen molar-refractivity contribution in [2.45, 2.75) is 20.3 Å². The molecule has 0 radical (unpaired) electrons. The molecule has 0 heterocycles. The number of fused-ring (bicyclic) bond motifs is 1. The lowest BCUT2D eigenvalue weighted by atomic mass is 10.0. The third-order valence-corrected chi connectivity index (χ3v) is 5.47. The number of aryl methyl sites for hydroxylation is 2. The number of ether oxygens (including phenoxy) is 2. The molecule has 4 aromatic carbocycles. The maximum atomic E-state index is 12.7. The quantitative estimate of drug-likeness (QED) is 0.162. The van der Waals surface area contributed by atoms with Crippen molar-refractivity contribution in [1.29, 1.82) is 0 Å². The Bertz CT molecular complexity index is 1380. The van der Waals surface area contributed by atoms with E-state index in [2.05, 4.69) is 17.5 Å². The summed E-state index contributed by atoms with van der Waals surface area (Å²) in [5, 5.41) is 5.88. The fourth-order valence-electron chi connectivity index (χ4n) is 3.60. The molecule has 35 heavy (non-hydrogen) atoms. The summed E-state index contributed by atoms with van der Waals surface area (Å²) in [4.78, 5) is 25.0. The number of nitrogens with one attached hydrogen (secondary N) is 1. The van der Waals surface area contributed by atoms with E-state index in [1.54, 1.807) is 18.2 Å². The molecule has 4 rings (SSSR count). The largest absolute Gasteiger partial charge is 0.484 e. The highest BCUT2D eigenvalue weighted by Crippen LogP contribution is 2.27. The van der Waals surface area contributed by atoms with Crippen LogP contribution in [-0.2, 0) is 11.2 Å². The van der Waals surface area contributed by atoms with Gasteiger partial charge in [-0.05, 0) is 60.0 Å². The summed E-state index contributed by atoms with van der Waals surface area (Å²) >= 11 is 0. The number of rotatable bonds is 8. The third kappa shape index (κ3) is 6.12. The first kappa shape index (κ1) is 23.7. The van der Waals surface area contributed by atoms with Gasteiger partial charge in [-0.1, -0.05) is 67.1 Å². The smallest absolute Gasteiger partial charge is 0.343 e. The van der Waals surface area contributed by atoms with Crippen LogP contribution in [0.4, 0.5) is 0 Å². The Hall–Kier alpha value is -4.45. The Kier molecular flexibility index (Phi) is 7.53. The first-order valence-corrected chi connectivity index (χ1v) is 11.4. The number of amides is 1. The molecule has 0 aliphatic heterocycles. The predicted molar refractivity (Wildman–Crippen MR) is 137 cm³/mol. The van der Waals surface area contributed by atoms with Crippen molar-refractivity contribution in [2.24, 2.45) is 5.10 Å². The van der Waals surface area contributed by atoms with E-state index in [9.17, 15) is 9.59 Å². The second kappa shape index (κ2) is 11.1. The van der Waals surface area contributed by atoms with Gasteiger partial charge in [0.15, 0.2) is 6.61 Å². The lowest BCUT2D eigenvalue weighted by Crippen LogP contribution is -2.24. The molecule has 0 unspecified atom stereocenters. The highest BCUT2D eigenvalue weighted by Gasteiger charge is 2.14. The maximum Gasteiger partial charge on any atom is 0.343 e. The van der Waals surface area contributed by atoms with Crippen molar-refractivity contribution >= 4 is 28.9 Å². The van der Waals surface area contributed by atoms with Gasteiger partial charge in [0.1, 0.15) is 11.5 Å². The number of carbonyl (C=O) groups is 2. The van der Waals surface area contributed by atoms with E-state index in [1.807, 2.05) is 73.7 Å². The molecule has 0 saturated heterocycles. The molecule has 0 aromatic heterocycles. The second-order valence-electron chi connectivity index (χ2n) is 8.04. The van der Waals surface area contributed by atoms with Crippen LogP contribution in [-0.4, -0.2) is 24.7 Å². The van der Waals surface area contributed by atoms with E-state index >= 15 is 0 Å². The zero-order valence-corrected chi connectivity index (χ0v) is 19.7. The van der Waals surface area contributed by atoms with Gasteiger partial charge in [0, 0.05) is 5.56 Å². The van der Waals surface area contributed by atoms with Crippen molar-refractivity contribution in [3.05, 3.63) is 107 Å². The van der Waals surface area contributed by atoms with Crippen LogP contribution in [0.5, 0.6) is 11.5 Å². The molecule has 0 fully saturated rings. The Morgan fingerprint density at radius 2 is 1.74 bits per heavy atom. The Morgan fingerprint density at radius 3 is 2.51 bits per heavy atom. The molecule has 0 atom stereocenters. The number of hydrogen-bond donors (Lipinski definition) is 1. The number of nitrogens with zero attached hydrogens (tertiary/aromatic N) is 1. The van der Waals surface area contributed by atoms with Gasteiger partial charge in [-0.2, -0.15) is 5.10 Å². The van der Waals surface area contributed by atoms with E-state index < -0.39 is 11.9 Å². The average molecular weight is 467 g/mol. The first-order valence-electron chi connectivity index (χ1n) is 11.4. The molecule has 0 bridgehead atoms. The van der Waals surface area contributed by atoms with E-state index in [0.29, 0.717) is 22.6 Å². The molecule has 1 amide bonds. The predicted octanol–water partition coefficient (Wildman–Crippen LogP) is 5.46. The minimum absolute atomic E-state index is 0.173. The van der Waals surface area contributed by atoms with Crippen molar-refractivity contribution < 1.29 is 19.1 Å². The van der Waals surface area contributed by atoms with Crippen LogP contribution in [0.15, 0.2) is 90.0 Å². The molecule has 176 valence electrons. The number of hydrogen-bond acceptors (Lipinski definition) is 5. The summed E-state index contributed by atoms with van der Waals surface area (Å²) < 4.78 is 11.2. The van der Waals surface area contributed by atoms with Gasteiger partial charge in [-0.3, -0.25) is 4.79 Å². The molecular formula is C29H26N2O4. The highest BCUT2D eigenvalue weighted by atomic mass is 16.5. The normalized spacial score (nSPS) is 10.9. The molecule has 6 nitrogen and oxygen atoms in total. The fraction of sp³-hybridized carbons (Fsp3) is 0.138. The van der Waals surface area contributed by atoms with Crippen LogP contribution in [0.3, 0.4) is 0 Å². The van der Waals surface area contributed by atoms with Crippen molar-refractivity contribution in [3.63, 3.8) is 0 Å². The van der Waals surface area contributed by atoms with Gasteiger partial charge in [0.2, 0.25) is 0 Å². The SMILES string of the molecule is CCc1ccc(OCC(=O)N/N=C/c2c(OC(=O)c3cccc(C)c3)ccc3ccccc23)cc1. The monoisotopic (exact) mass is 466 g/mol. The van der Waals surface area contributed by atoms with Crippen molar-refractivity contribution in [2.75, 3.05) is 6.61 Å². The van der Waals surface area contributed by atoms with Crippen LogP contribution in [0.25, 0.3) is 10.8 Å². The lowest BCUT2D eigenvalue weighted by Gasteiger charge is -2.11.